The highest BCUT2D eigenvalue weighted by Gasteiger charge is 2.41. The molecule has 0 aliphatic rings. The summed E-state index contributed by atoms with van der Waals surface area (Å²) in [6, 6.07) is 16.3. The van der Waals surface area contributed by atoms with Crippen molar-refractivity contribution in [3.8, 4) is 23.0 Å². The Morgan fingerprint density at radius 1 is 0.743 bits per heavy atom. The predicted molar refractivity (Wildman–Crippen MR) is 133 cm³/mol. The fourth-order valence-corrected chi connectivity index (χ4v) is 4.77. The second-order valence-electron chi connectivity index (χ2n) is 8.15. The number of fused-ring (bicyclic) bond motifs is 1. The third kappa shape index (κ3) is 5.00. The maximum absolute atomic E-state index is 13.2. The third-order valence-corrected chi connectivity index (χ3v) is 6.61. The van der Waals surface area contributed by atoms with Gasteiger partial charge in [0.25, 0.3) is 0 Å². The number of nitrogens with zero attached hydrogens (tertiary/aromatic N) is 2. The average Bonchev–Trinajstić information content (AvgIpc) is 3.35. The Morgan fingerprint density at radius 2 is 1.20 bits per heavy atom. The lowest BCUT2D eigenvalue weighted by molar-refractivity contribution is -0.144. The Morgan fingerprint density at radius 3 is 1.63 bits per heavy atom. The van der Waals surface area contributed by atoms with Crippen molar-refractivity contribution in [2.24, 2.45) is 0 Å². The normalized spacial score (nSPS) is 11.3. The van der Waals surface area contributed by atoms with Crippen LogP contribution in [0.3, 0.4) is 0 Å². The van der Waals surface area contributed by atoms with Crippen molar-refractivity contribution in [1.82, 2.24) is 8.75 Å². The molecular weight excluding hydrogens is 468 g/mol. The lowest BCUT2D eigenvalue weighted by Gasteiger charge is -2.31. The van der Waals surface area contributed by atoms with Crippen molar-refractivity contribution in [2.75, 3.05) is 28.4 Å². The molecule has 0 fully saturated rings. The zero-order chi connectivity index (χ0) is 25.0. The summed E-state index contributed by atoms with van der Waals surface area (Å²) in [5.74, 6) is 1.37. The van der Waals surface area contributed by atoms with Gasteiger partial charge >= 0.3 is 5.97 Å². The Hall–Kier alpha value is -3.85. The smallest absolute Gasteiger partial charge is 0.314 e. The zero-order valence-corrected chi connectivity index (χ0v) is 20.7. The van der Waals surface area contributed by atoms with Crippen LogP contribution in [-0.4, -0.2) is 48.3 Å². The van der Waals surface area contributed by atoms with E-state index in [9.17, 15) is 9.90 Å². The second-order valence-corrected chi connectivity index (χ2v) is 8.68. The van der Waals surface area contributed by atoms with Crippen LogP contribution in [0.5, 0.6) is 23.0 Å². The molecule has 0 bridgehead atoms. The van der Waals surface area contributed by atoms with Crippen molar-refractivity contribution in [2.45, 2.75) is 18.3 Å². The molecule has 0 aliphatic carbocycles. The molecule has 4 aromatic rings. The lowest BCUT2D eigenvalue weighted by Crippen LogP contribution is -2.40. The van der Waals surface area contributed by atoms with E-state index in [1.165, 1.54) is 0 Å². The summed E-state index contributed by atoms with van der Waals surface area (Å²) in [6.07, 6.45) is 0.358. The minimum Gasteiger partial charge on any atom is -0.497 e. The SMILES string of the molecule is COc1cc(CC(Cc2cc(OC)cc(OC)c2)(C(=O)O)c2ccc3nsnc3c2)cc(OC)c1. The first-order chi connectivity index (χ1) is 16.9. The second kappa shape index (κ2) is 10.2. The standard InChI is InChI=1S/C26H26N2O6S/c1-31-19-7-16(8-20(12-19)32-2)14-26(25(29)30,18-5-6-23-24(11-18)28-35-27-23)15-17-9-21(33-3)13-22(10-17)34-4/h5-13H,14-15H2,1-4H3,(H,29,30). The molecule has 1 aromatic heterocycles. The Bertz CT molecular complexity index is 1250. The number of hydrogen-bond donors (Lipinski definition) is 1. The van der Waals surface area contributed by atoms with Crippen LogP contribution in [0.4, 0.5) is 0 Å². The number of aromatic nitrogens is 2. The average molecular weight is 495 g/mol. The highest BCUT2D eigenvalue weighted by Crippen LogP contribution is 2.38. The van der Waals surface area contributed by atoms with Gasteiger partial charge in [-0.3, -0.25) is 4.79 Å². The quantitative estimate of drug-likeness (QED) is 0.343. The van der Waals surface area contributed by atoms with E-state index in [0.717, 1.165) is 28.4 Å². The van der Waals surface area contributed by atoms with Crippen LogP contribution in [0, 0.1) is 0 Å². The van der Waals surface area contributed by atoms with E-state index in [-0.39, 0.29) is 12.8 Å². The number of hydrogen-bond acceptors (Lipinski definition) is 8. The molecule has 1 N–H and O–H groups in total. The van der Waals surface area contributed by atoms with E-state index in [4.69, 9.17) is 18.9 Å². The number of carboxylic acid groups (broad SMARTS) is 1. The van der Waals surface area contributed by atoms with Crippen LogP contribution in [-0.2, 0) is 23.1 Å². The first kappa shape index (κ1) is 24.3. The van der Waals surface area contributed by atoms with Gasteiger partial charge in [0, 0.05) is 12.1 Å². The minimum atomic E-state index is -1.34. The molecule has 4 rings (SSSR count). The van der Waals surface area contributed by atoms with Gasteiger partial charge in [-0.1, -0.05) is 6.07 Å². The number of carbonyl (C=O) groups is 1. The highest BCUT2D eigenvalue weighted by molar-refractivity contribution is 7.00. The monoisotopic (exact) mass is 494 g/mol. The van der Waals surface area contributed by atoms with Crippen molar-refractivity contribution < 1.29 is 28.8 Å². The zero-order valence-electron chi connectivity index (χ0n) is 19.9. The van der Waals surface area contributed by atoms with Gasteiger partial charge in [0.1, 0.15) is 39.4 Å². The molecule has 0 spiro atoms. The summed E-state index contributed by atoms with van der Waals surface area (Å²) in [4.78, 5) is 13.2. The molecule has 0 saturated heterocycles. The number of aliphatic carboxylic acids is 1. The summed E-state index contributed by atoms with van der Waals surface area (Å²) < 4.78 is 30.3. The number of ether oxygens (including phenoxy) is 4. The van der Waals surface area contributed by atoms with Gasteiger partial charge < -0.3 is 24.1 Å². The van der Waals surface area contributed by atoms with Gasteiger partial charge in [0.15, 0.2) is 0 Å². The first-order valence-electron chi connectivity index (χ1n) is 10.8. The molecule has 0 radical (unpaired) electrons. The van der Waals surface area contributed by atoms with E-state index in [0.29, 0.717) is 34.1 Å². The largest absolute Gasteiger partial charge is 0.497 e. The van der Waals surface area contributed by atoms with Gasteiger partial charge in [0.2, 0.25) is 0 Å². The summed E-state index contributed by atoms with van der Waals surface area (Å²) in [5, 5.41) is 10.8. The van der Waals surface area contributed by atoms with Crippen LogP contribution in [0.25, 0.3) is 11.0 Å². The van der Waals surface area contributed by atoms with Crippen LogP contribution >= 0.6 is 11.7 Å². The molecular formula is C26H26N2O6S. The number of benzene rings is 3. The van der Waals surface area contributed by atoms with E-state index in [2.05, 4.69) is 8.75 Å². The number of methoxy groups -OCH3 is 4. The maximum Gasteiger partial charge on any atom is 0.314 e. The van der Waals surface area contributed by atoms with Crippen molar-refractivity contribution in [3.63, 3.8) is 0 Å². The minimum absolute atomic E-state index is 0.179. The van der Waals surface area contributed by atoms with Gasteiger partial charge in [-0.25, -0.2) is 0 Å². The number of carboxylic acids is 1. The summed E-state index contributed by atoms with van der Waals surface area (Å²) in [5.41, 5.74) is 2.18. The molecule has 0 saturated carbocycles. The van der Waals surface area contributed by atoms with Crippen molar-refractivity contribution in [3.05, 3.63) is 71.3 Å². The Kier molecular flexibility index (Phi) is 7.07. The van der Waals surface area contributed by atoms with E-state index < -0.39 is 11.4 Å². The first-order valence-corrected chi connectivity index (χ1v) is 11.5. The summed E-state index contributed by atoms with van der Waals surface area (Å²) >= 11 is 1.09. The summed E-state index contributed by atoms with van der Waals surface area (Å²) in [6.45, 7) is 0. The molecule has 0 aliphatic heterocycles. The molecule has 3 aromatic carbocycles. The molecule has 1 heterocycles. The molecule has 0 unspecified atom stereocenters. The fourth-order valence-electron chi connectivity index (χ4n) is 4.25. The van der Waals surface area contributed by atoms with Gasteiger partial charge in [-0.15, -0.1) is 0 Å². The van der Waals surface area contributed by atoms with E-state index in [1.807, 2.05) is 42.5 Å². The molecule has 35 heavy (non-hydrogen) atoms. The molecule has 8 nitrogen and oxygen atoms in total. The van der Waals surface area contributed by atoms with Crippen LogP contribution in [0.1, 0.15) is 16.7 Å². The van der Waals surface area contributed by atoms with Crippen molar-refractivity contribution >= 4 is 28.7 Å². The predicted octanol–water partition coefficient (Wildman–Crippen LogP) is 4.53. The van der Waals surface area contributed by atoms with Crippen molar-refractivity contribution in [1.29, 1.82) is 0 Å². The molecule has 0 amide bonds. The van der Waals surface area contributed by atoms with Gasteiger partial charge in [-0.05, 0) is 65.9 Å². The Balaban J connectivity index is 1.90. The maximum atomic E-state index is 13.2. The molecule has 182 valence electrons. The summed E-state index contributed by atoms with van der Waals surface area (Å²) in [7, 11) is 6.26. The third-order valence-electron chi connectivity index (χ3n) is 6.05. The van der Waals surface area contributed by atoms with E-state index in [1.54, 1.807) is 40.6 Å². The van der Waals surface area contributed by atoms with Gasteiger partial charge in [0.05, 0.1) is 40.2 Å². The number of rotatable bonds is 10. The fraction of sp³-hybridized carbons (Fsp3) is 0.269. The lowest BCUT2D eigenvalue weighted by atomic mass is 9.71. The van der Waals surface area contributed by atoms with Crippen LogP contribution in [0.2, 0.25) is 0 Å². The highest BCUT2D eigenvalue weighted by atomic mass is 32.1. The molecule has 9 heteroatoms. The van der Waals surface area contributed by atoms with Crippen LogP contribution in [0.15, 0.2) is 54.6 Å². The van der Waals surface area contributed by atoms with E-state index >= 15 is 0 Å². The van der Waals surface area contributed by atoms with Gasteiger partial charge in [-0.2, -0.15) is 8.75 Å². The van der Waals surface area contributed by atoms with Crippen LogP contribution < -0.4 is 18.9 Å². The topological polar surface area (TPSA) is 100 Å². The molecule has 0 atom stereocenters. The Labute approximate surface area is 207 Å².